The summed E-state index contributed by atoms with van der Waals surface area (Å²) in [6, 6.07) is 24.9. The summed E-state index contributed by atoms with van der Waals surface area (Å²) < 4.78 is 62.2. The van der Waals surface area contributed by atoms with Gasteiger partial charge in [0.25, 0.3) is 20.0 Å². The third-order valence-electron chi connectivity index (χ3n) is 11.9. The summed E-state index contributed by atoms with van der Waals surface area (Å²) in [5.74, 6) is 1.18. The van der Waals surface area contributed by atoms with Crippen molar-refractivity contribution in [1.82, 2.24) is 39.7 Å². The highest BCUT2D eigenvalue weighted by molar-refractivity contribution is 7.93. The molecule has 65 heavy (non-hydrogen) atoms. The second-order valence-electron chi connectivity index (χ2n) is 18.9. The third kappa shape index (κ3) is 11.2. The number of aromatic nitrogens is 6. The van der Waals surface area contributed by atoms with Gasteiger partial charge in [0.15, 0.2) is 11.6 Å². The quantitative estimate of drug-likeness (QED) is 0.114. The highest BCUT2D eigenvalue weighted by Gasteiger charge is 2.29. The molecule has 2 saturated heterocycles. The molecule has 8 rings (SSSR count). The molecule has 0 radical (unpaired) electrons. The van der Waals surface area contributed by atoms with Crippen LogP contribution in [0.5, 0.6) is 0 Å². The number of sulfonamides is 2. The van der Waals surface area contributed by atoms with Gasteiger partial charge in [0.05, 0.1) is 33.2 Å². The van der Waals surface area contributed by atoms with Gasteiger partial charge in [0, 0.05) is 46.8 Å². The Hall–Kier alpha value is -4.84. The number of likely N-dealkylation sites (tertiary alicyclic amines) is 1. The molecule has 2 unspecified atom stereocenters. The Kier molecular flexibility index (Phi) is 14.2. The van der Waals surface area contributed by atoms with Gasteiger partial charge < -0.3 is 14.5 Å². The van der Waals surface area contributed by atoms with Gasteiger partial charge in [-0.1, -0.05) is 89.0 Å². The standard InChI is InChI=1S/C25H32ClN5O2S.C22H26ClN5O2S/c1-17(2)30-13-12-20(15-30)31-16-27-28-24(31)22-14-19(26)8-11-23(22)29-34(32,33)21-9-6-18(7-10-21)25(3,4)5;1-22(2,3)15-4-7-18(8-5-15)31(29,30)27-20-9-6-16(23)12-19(20)21-26-25-14-28(21)17-10-11-24-13-17/h6-11,14,16-17,20,29H,12-13,15H2,1-5H3;4-9,12,14,17,24,27H,10-11,13H2,1-3H3. The molecule has 0 bridgehead atoms. The van der Waals surface area contributed by atoms with Crippen LogP contribution in [-0.4, -0.2) is 83.5 Å². The molecule has 2 atom stereocenters. The highest BCUT2D eigenvalue weighted by Crippen LogP contribution is 2.36. The Balaban J connectivity index is 0.000000195. The van der Waals surface area contributed by atoms with E-state index in [2.05, 4.69) is 95.4 Å². The molecule has 4 heterocycles. The summed E-state index contributed by atoms with van der Waals surface area (Å²) in [6.07, 6.45) is 5.32. The molecule has 2 fully saturated rings. The van der Waals surface area contributed by atoms with Crippen molar-refractivity contribution in [3.05, 3.63) is 119 Å². The van der Waals surface area contributed by atoms with Crippen LogP contribution in [0, 0.1) is 0 Å². The van der Waals surface area contributed by atoms with Gasteiger partial charge in [0.2, 0.25) is 0 Å². The topological polar surface area (TPSA) is 169 Å². The van der Waals surface area contributed by atoms with Gasteiger partial charge in [-0.15, -0.1) is 20.4 Å². The van der Waals surface area contributed by atoms with Crippen LogP contribution in [0.15, 0.2) is 107 Å². The summed E-state index contributed by atoms with van der Waals surface area (Å²) in [4.78, 5) is 2.81. The summed E-state index contributed by atoms with van der Waals surface area (Å²) >= 11 is 12.6. The fourth-order valence-corrected chi connectivity index (χ4v) is 10.5. The zero-order chi connectivity index (χ0) is 46.9. The van der Waals surface area contributed by atoms with Gasteiger partial charge in [-0.2, -0.15) is 0 Å². The van der Waals surface area contributed by atoms with Crippen LogP contribution in [-0.2, 0) is 30.9 Å². The van der Waals surface area contributed by atoms with Gasteiger partial charge in [-0.3, -0.25) is 14.3 Å². The zero-order valence-corrected chi connectivity index (χ0v) is 41.2. The van der Waals surface area contributed by atoms with Crippen molar-refractivity contribution >= 4 is 54.6 Å². The second kappa shape index (κ2) is 19.2. The van der Waals surface area contributed by atoms with E-state index in [0.717, 1.165) is 50.1 Å². The first kappa shape index (κ1) is 48.1. The lowest BCUT2D eigenvalue weighted by Gasteiger charge is -2.21. The second-order valence-corrected chi connectivity index (χ2v) is 23.2. The maximum absolute atomic E-state index is 13.2. The van der Waals surface area contributed by atoms with Crippen molar-refractivity contribution in [2.24, 2.45) is 0 Å². The Morgan fingerprint density at radius 3 is 1.48 bits per heavy atom. The van der Waals surface area contributed by atoms with Crippen LogP contribution >= 0.6 is 23.2 Å². The largest absolute Gasteiger partial charge is 0.315 e. The fourth-order valence-electron chi connectivity index (χ4n) is 8.00. The van der Waals surface area contributed by atoms with E-state index in [0.29, 0.717) is 50.2 Å². The number of hydrogen-bond acceptors (Lipinski definition) is 10. The molecule has 0 amide bonds. The van der Waals surface area contributed by atoms with Crippen LogP contribution in [0.3, 0.4) is 0 Å². The van der Waals surface area contributed by atoms with Crippen molar-refractivity contribution < 1.29 is 16.8 Å². The van der Waals surface area contributed by atoms with Crippen molar-refractivity contribution in [3.63, 3.8) is 0 Å². The summed E-state index contributed by atoms with van der Waals surface area (Å²) in [5.41, 5.74) is 4.03. The molecule has 2 aromatic heterocycles. The summed E-state index contributed by atoms with van der Waals surface area (Å²) in [5, 5.41) is 21.1. The first-order valence-electron chi connectivity index (χ1n) is 21.7. The van der Waals surface area contributed by atoms with E-state index in [1.165, 1.54) is 0 Å². The molecule has 346 valence electrons. The Morgan fingerprint density at radius 2 is 1.09 bits per heavy atom. The number of nitrogens with one attached hydrogen (secondary N) is 3. The van der Waals surface area contributed by atoms with E-state index >= 15 is 0 Å². The predicted octanol–water partition coefficient (Wildman–Crippen LogP) is 9.58. The average Bonchev–Trinajstić information content (AvgIpc) is 4.09. The number of rotatable bonds is 11. The Labute approximate surface area is 393 Å². The normalized spacial score (nSPS) is 17.3. The maximum atomic E-state index is 13.2. The highest BCUT2D eigenvalue weighted by atomic mass is 35.5. The monoisotopic (exact) mass is 960 g/mol. The van der Waals surface area contributed by atoms with E-state index in [4.69, 9.17) is 23.2 Å². The molecule has 6 aromatic rings. The molecule has 4 aromatic carbocycles. The molecule has 18 heteroatoms. The van der Waals surface area contributed by atoms with Crippen LogP contribution < -0.4 is 14.8 Å². The molecule has 0 saturated carbocycles. The zero-order valence-electron chi connectivity index (χ0n) is 38.0. The minimum atomic E-state index is -3.81. The van der Waals surface area contributed by atoms with Gasteiger partial charge in [0.1, 0.15) is 12.7 Å². The predicted molar refractivity (Wildman–Crippen MR) is 260 cm³/mol. The number of nitrogens with zero attached hydrogens (tertiary/aromatic N) is 7. The van der Waals surface area contributed by atoms with Gasteiger partial charge in [-0.25, -0.2) is 16.8 Å². The van der Waals surface area contributed by atoms with Crippen molar-refractivity contribution in [2.75, 3.05) is 35.6 Å². The molecular formula is C47H58Cl2N10O4S2. The lowest BCUT2D eigenvalue weighted by Crippen LogP contribution is -2.28. The van der Waals surface area contributed by atoms with E-state index in [-0.39, 0.29) is 32.7 Å². The van der Waals surface area contributed by atoms with Crippen LogP contribution in [0.1, 0.15) is 91.4 Å². The first-order chi connectivity index (χ1) is 30.6. The number of halogens is 2. The maximum Gasteiger partial charge on any atom is 0.261 e. The van der Waals surface area contributed by atoms with E-state index in [9.17, 15) is 16.8 Å². The first-order valence-corrected chi connectivity index (χ1v) is 25.4. The Morgan fingerprint density at radius 1 is 0.646 bits per heavy atom. The van der Waals surface area contributed by atoms with E-state index in [1.807, 2.05) is 33.4 Å². The van der Waals surface area contributed by atoms with Crippen molar-refractivity contribution in [1.29, 1.82) is 0 Å². The number of anilines is 2. The third-order valence-corrected chi connectivity index (χ3v) is 15.1. The smallest absolute Gasteiger partial charge is 0.261 e. The van der Waals surface area contributed by atoms with Crippen LogP contribution in [0.2, 0.25) is 10.0 Å². The lowest BCUT2D eigenvalue weighted by atomic mass is 9.87. The molecule has 2 aliphatic heterocycles. The lowest BCUT2D eigenvalue weighted by molar-refractivity contribution is 0.265. The van der Waals surface area contributed by atoms with Crippen molar-refractivity contribution in [2.45, 2.75) is 107 Å². The molecule has 2 aliphatic rings. The molecule has 0 spiro atoms. The molecule has 3 N–H and O–H groups in total. The van der Waals surface area contributed by atoms with Crippen LogP contribution in [0.4, 0.5) is 11.4 Å². The Bertz CT molecular complexity index is 2830. The van der Waals surface area contributed by atoms with Crippen LogP contribution in [0.25, 0.3) is 22.8 Å². The van der Waals surface area contributed by atoms with Gasteiger partial charge >= 0.3 is 0 Å². The fraction of sp³-hybridized carbons (Fsp3) is 0.404. The molecule has 14 nitrogen and oxygen atoms in total. The molecule has 0 aliphatic carbocycles. The SMILES string of the molecule is CC(C)(C)c1ccc(S(=O)(=O)Nc2ccc(Cl)cc2-c2nncn2C2CCNC2)cc1.CC(C)N1CCC(n2cnnc2-c2cc(Cl)ccc2NS(=O)(=O)c2ccc(C(C)(C)C)cc2)C1. The van der Waals surface area contributed by atoms with Gasteiger partial charge in [-0.05, 0) is 116 Å². The number of benzene rings is 4. The average molecular weight is 962 g/mol. The van der Waals surface area contributed by atoms with E-state index in [1.54, 1.807) is 73.3 Å². The summed E-state index contributed by atoms with van der Waals surface area (Å²) in [7, 11) is -7.61. The summed E-state index contributed by atoms with van der Waals surface area (Å²) in [6.45, 7) is 20.5. The minimum absolute atomic E-state index is 0.0573. The minimum Gasteiger partial charge on any atom is -0.315 e. The van der Waals surface area contributed by atoms with E-state index < -0.39 is 20.0 Å². The van der Waals surface area contributed by atoms with Crippen molar-refractivity contribution in [3.8, 4) is 22.8 Å². The number of hydrogen-bond donors (Lipinski definition) is 3. The molecular weight excluding hydrogens is 904 g/mol.